The third-order valence-electron chi connectivity index (χ3n) is 1.19. The molecule has 0 saturated carbocycles. The Balaban J connectivity index is 2.66. The number of alkyl halides is 2. The molecular weight excluding hydrogens is 153 g/mol. The average molecular weight is 159 g/mol. The third-order valence-corrected chi connectivity index (χ3v) is 1.19. The number of benzene rings is 1. The van der Waals surface area contributed by atoms with Gasteiger partial charge in [0.1, 0.15) is 5.82 Å². The van der Waals surface area contributed by atoms with Crippen molar-refractivity contribution in [3.8, 4) is 0 Å². The second-order valence-electron chi connectivity index (χ2n) is 2.05. The van der Waals surface area contributed by atoms with Crippen LogP contribution in [0.1, 0.15) is 5.56 Å². The van der Waals surface area contributed by atoms with Crippen LogP contribution < -0.4 is 0 Å². The molecule has 3 heteroatoms. The van der Waals surface area contributed by atoms with E-state index in [1.807, 2.05) is 0 Å². The topological polar surface area (TPSA) is 0 Å². The molecule has 0 spiro atoms. The highest BCUT2D eigenvalue weighted by Gasteiger charge is 2.03. The van der Waals surface area contributed by atoms with Gasteiger partial charge in [-0.05, 0) is 17.7 Å². The lowest BCUT2D eigenvalue weighted by Crippen LogP contribution is -1.92. The summed E-state index contributed by atoms with van der Waals surface area (Å²) in [7, 11) is 0. The SMILES string of the molecule is Fc1ccc([CH]C(F)F)cc1. The van der Waals surface area contributed by atoms with Gasteiger partial charge in [-0.1, -0.05) is 12.1 Å². The lowest BCUT2D eigenvalue weighted by atomic mass is 10.2. The van der Waals surface area contributed by atoms with Crippen molar-refractivity contribution in [3.63, 3.8) is 0 Å². The van der Waals surface area contributed by atoms with Gasteiger partial charge in [0.25, 0.3) is 0 Å². The maximum atomic E-state index is 12.2. The minimum atomic E-state index is -2.49. The molecule has 0 amide bonds. The molecule has 0 bridgehead atoms. The molecule has 0 saturated heterocycles. The van der Waals surface area contributed by atoms with Crippen LogP contribution in [0.25, 0.3) is 0 Å². The van der Waals surface area contributed by atoms with Crippen molar-refractivity contribution in [1.29, 1.82) is 0 Å². The molecule has 0 heterocycles. The second kappa shape index (κ2) is 3.42. The van der Waals surface area contributed by atoms with Gasteiger partial charge in [0.05, 0.1) is 6.42 Å². The van der Waals surface area contributed by atoms with Crippen molar-refractivity contribution < 1.29 is 13.2 Å². The van der Waals surface area contributed by atoms with Crippen LogP contribution in [-0.4, -0.2) is 6.43 Å². The van der Waals surface area contributed by atoms with Crippen molar-refractivity contribution in [3.05, 3.63) is 42.1 Å². The van der Waals surface area contributed by atoms with E-state index >= 15 is 0 Å². The molecule has 1 rings (SSSR count). The van der Waals surface area contributed by atoms with E-state index in [0.717, 1.165) is 18.6 Å². The first-order valence-corrected chi connectivity index (χ1v) is 3.07. The summed E-state index contributed by atoms with van der Waals surface area (Å²) in [4.78, 5) is 0. The summed E-state index contributed by atoms with van der Waals surface area (Å²) >= 11 is 0. The predicted molar refractivity (Wildman–Crippen MR) is 35.8 cm³/mol. The summed E-state index contributed by atoms with van der Waals surface area (Å²) in [6.45, 7) is 0. The normalized spacial score (nSPS) is 10.5. The Morgan fingerprint density at radius 2 is 1.64 bits per heavy atom. The summed E-state index contributed by atoms with van der Waals surface area (Å²) in [5.74, 6) is -0.420. The van der Waals surface area contributed by atoms with Gasteiger partial charge in [0.15, 0.2) is 0 Å². The van der Waals surface area contributed by atoms with Crippen LogP contribution in [0, 0.1) is 12.2 Å². The highest BCUT2D eigenvalue weighted by Crippen LogP contribution is 2.10. The van der Waals surface area contributed by atoms with Crippen LogP contribution in [0.5, 0.6) is 0 Å². The van der Waals surface area contributed by atoms with E-state index in [9.17, 15) is 13.2 Å². The van der Waals surface area contributed by atoms with E-state index in [1.165, 1.54) is 12.1 Å². The van der Waals surface area contributed by atoms with Crippen LogP contribution in [-0.2, 0) is 0 Å². The molecule has 0 aliphatic carbocycles. The van der Waals surface area contributed by atoms with E-state index in [-0.39, 0.29) is 0 Å². The summed E-state index contributed by atoms with van der Waals surface area (Å²) in [5.41, 5.74) is 0.335. The lowest BCUT2D eigenvalue weighted by molar-refractivity contribution is 0.189. The number of hydrogen-bond donors (Lipinski definition) is 0. The molecule has 1 aromatic carbocycles. The molecule has 1 radical (unpaired) electrons. The Labute approximate surface area is 62.7 Å². The highest BCUT2D eigenvalue weighted by atomic mass is 19.3. The van der Waals surface area contributed by atoms with E-state index in [0.29, 0.717) is 5.56 Å². The molecular formula is C8H6F3. The van der Waals surface area contributed by atoms with Crippen molar-refractivity contribution in [2.24, 2.45) is 0 Å². The van der Waals surface area contributed by atoms with Crippen molar-refractivity contribution in [1.82, 2.24) is 0 Å². The minimum absolute atomic E-state index is 0.335. The number of halogens is 3. The molecule has 0 atom stereocenters. The van der Waals surface area contributed by atoms with Crippen molar-refractivity contribution in [2.75, 3.05) is 0 Å². The Morgan fingerprint density at radius 3 is 2.09 bits per heavy atom. The van der Waals surface area contributed by atoms with Gasteiger partial charge < -0.3 is 0 Å². The quantitative estimate of drug-likeness (QED) is 0.622. The van der Waals surface area contributed by atoms with Gasteiger partial charge >= 0.3 is 0 Å². The van der Waals surface area contributed by atoms with E-state index in [4.69, 9.17) is 0 Å². The van der Waals surface area contributed by atoms with E-state index in [2.05, 4.69) is 0 Å². The molecule has 0 unspecified atom stereocenters. The summed E-state index contributed by atoms with van der Waals surface area (Å²) in [6.07, 6.45) is -1.72. The highest BCUT2D eigenvalue weighted by molar-refractivity contribution is 5.23. The average Bonchev–Trinajstić information content (AvgIpc) is 1.93. The summed E-state index contributed by atoms with van der Waals surface area (Å²) in [5, 5.41) is 0. The smallest absolute Gasteiger partial charge is 0.210 e. The number of rotatable bonds is 2. The second-order valence-corrected chi connectivity index (χ2v) is 2.05. The zero-order valence-electron chi connectivity index (χ0n) is 5.60. The molecule has 1 aromatic rings. The van der Waals surface area contributed by atoms with Gasteiger partial charge in [-0.2, -0.15) is 0 Å². The Kier molecular flexibility index (Phi) is 2.52. The zero-order valence-corrected chi connectivity index (χ0v) is 5.60. The van der Waals surface area contributed by atoms with Crippen molar-refractivity contribution >= 4 is 0 Å². The monoisotopic (exact) mass is 159 g/mol. The number of hydrogen-bond acceptors (Lipinski definition) is 0. The van der Waals surface area contributed by atoms with E-state index in [1.54, 1.807) is 0 Å². The lowest BCUT2D eigenvalue weighted by Gasteiger charge is -1.97. The third kappa shape index (κ3) is 2.62. The van der Waals surface area contributed by atoms with Crippen LogP contribution in [0.3, 0.4) is 0 Å². The zero-order chi connectivity index (χ0) is 8.27. The van der Waals surface area contributed by atoms with Gasteiger partial charge in [-0.15, -0.1) is 0 Å². The Morgan fingerprint density at radius 1 is 1.09 bits per heavy atom. The van der Waals surface area contributed by atoms with Gasteiger partial charge in [0, 0.05) is 0 Å². The molecule has 0 fully saturated rings. The molecule has 11 heavy (non-hydrogen) atoms. The van der Waals surface area contributed by atoms with E-state index < -0.39 is 12.2 Å². The first kappa shape index (κ1) is 8.11. The standard InChI is InChI=1S/C8H6F3/c9-7-3-1-6(2-4-7)5-8(10)11/h1-5,8H. The minimum Gasteiger partial charge on any atom is -0.210 e. The molecule has 0 aliphatic rings. The molecule has 59 valence electrons. The van der Waals surface area contributed by atoms with Gasteiger partial charge in [-0.3, -0.25) is 0 Å². The fraction of sp³-hybridized carbons (Fsp3) is 0.125. The predicted octanol–water partition coefficient (Wildman–Crippen LogP) is 2.64. The first-order chi connectivity index (χ1) is 5.18. The fourth-order valence-corrected chi connectivity index (χ4v) is 0.719. The summed E-state index contributed by atoms with van der Waals surface area (Å²) in [6, 6.07) is 4.91. The maximum Gasteiger partial charge on any atom is 0.246 e. The van der Waals surface area contributed by atoms with Crippen LogP contribution >= 0.6 is 0 Å². The van der Waals surface area contributed by atoms with Gasteiger partial charge in [0.2, 0.25) is 6.43 Å². The Bertz CT molecular complexity index is 215. The molecule has 0 nitrogen and oxygen atoms in total. The largest absolute Gasteiger partial charge is 0.246 e. The molecule has 0 aromatic heterocycles. The van der Waals surface area contributed by atoms with Crippen molar-refractivity contribution in [2.45, 2.75) is 6.43 Å². The Hall–Kier alpha value is -0.990. The first-order valence-electron chi connectivity index (χ1n) is 3.07. The van der Waals surface area contributed by atoms with Crippen LogP contribution in [0.4, 0.5) is 13.2 Å². The fourth-order valence-electron chi connectivity index (χ4n) is 0.719. The molecule has 0 aliphatic heterocycles. The van der Waals surface area contributed by atoms with Gasteiger partial charge in [-0.25, -0.2) is 13.2 Å². The van der Waals surface area contributed by atoms with Crippen LogP contribution in [0.2, 0.25) is 0 Å². The van der Waals surface area contributed by atoms with Crippen LogP contribution in [0.15, 0.2) is 24.3 Å². The molecule has 0 N–H and O–H groups in total. The summed E-state index contributed by atoms with van der Waals surface area (Å²) < 4.78 is 35.6. The maximum absolute atomic E-state index is 12.2.